The van der Waals surface area contributed by atoms with Crippen molar-refractivity contribution in [3.63, 3.8) is 0 Å². The van der Waals surface area contributed by atoms with Gasteiger partial charge in [-0.25, -0.2) is 0 Å². The maximum Gasteiger partial charge on any atom is 0.306 e. The van der Waals surface area contributed by atoms with Crippen molar-refractivity contribution in [2.24, 2.45) is 34.0 Å². The number of amides is 4. The number of nitrogens with one attached hydrogen (secondary N) is 2. The van der Waals surface area contributed by atoms with Gasteiger partial charge in [0, 0.05) is 26.2 Å². The second kappa shape index (κ2) is 14.8. The number of carboxylic acid groups (broad SMARTS) is 1. The van der Waals surface area contributed by atoms with Gasteiger partial charge in [0.05, 0.1) is 12.5 Å². The number of aliphatic carboxylic acids is 1. The van der Waals surface area contributed by atoms with Crippen LogP contribution in [0.25, 0.3) is 0 Å². The lowest BCUT2D eigenvalue weighted by molar-refractivity contribution is -0.143. The summed E-state index contributed by atoms with van der Waals surface area (Å²) in [4.78, 5) is 70.4. The maximum atomic E-state index is 13.7. The quantitative estimate of drug-likeness (QED) is 0.0917. The number of rotatable bonds is 12. The van der Waals surface area contributed by atoms with Gasteiger partial charge >= 0.3 is 5.97 Å². The molecule has 0 aromatic carbocycles. The fraction of sp³-hybridized carbons (Fsp3) is 0.769. The Morgan fingerprint density at radius 2 is 1.52 bits per heavy atom. The summed E-state index contributed by atoms with van der Waals surface area (Å²) in [6, 6.07) is -2.25. The van der Waals surface area contributed by atoms with E-state index in [2.05, 4.69) is 15.6 Å². The van der Waals surface area contributed by atoms with E-state index in [1.165, 1.54) is 9.80 Å². The van der Waals surface area contributed by atoms with Crippen LogP contribution in [0, 0.1) is 11.8 Å². The third kappa shape index (κ3) is 8.29. The number of nitrogens with two attached hydrogens (primary N) is 3. The van der Waals surface area contributed by atoms with Crippen LogP contribution in [0.2, 0.25) is 0 Å². The first-order valence-electron chi connectivity index (χ1n) is 14.3. The average molecular weight is 565 g/mol. The van der Waals surface area contributed by atoms with E-state index in [4.69, 9.17) is 17.2 Å². The van der Waals surface area contributed by atoms with E-state index in [9.17, 15) is 29.1 Å². The van der Waals surface area contributed by atoms with Crippen molar-refractivity contribution in [2.45, 2.75) is 82.3 Å². The summed E-state index contributed by atoms with van der Waals surface area (Å²) in [6.07, 6.45) is 5.67. The minimum atomic E-state index is -0.906. The highest BCUT2D eigenvalue weighted by molar-refractivity contribution is 5.95. The van der Waals surface area contributed by atoms with E-state index < -0.39 is 30.0 Å². The molecule has 1 aliphatic carbocycles. The summed E-state index contributed by atoms with van der Waals surface area (Å²) in [5, 5.41) is 15.0. The molecule has 14 heteroatoms. The highest BCUT2D eigenvalue weighted by atomic mass is 16.4. The topological polar surface area (TPSA) is 227 Å². The lowest BCUT2D eigenvalue weighted by Crippen LogP contribution is -2.56. The molecule has 3 aliphatic rings. The Hall–Kier alpha value is -3.42. The van der Waals surface area contributed by atoms with E-state index in [-0.39, 0.29) is 55.0 Å². The molecule has 3 atom stereocenters. The third-order valence-electron chi connectivity index (χ3n) is 8.21. The number of carboxylic acids is 1. The molecule has 40 heavy (non-hydrogen) atoms. The highest BCUT2D eigenvalue weighted by Crippen LogP contribution is 2.29. The van der Waals surface area contributed by atoms with Gasteiger partial charge in [0.1, 0.15) is 18.1 Å². The van der Waals surface area contributed by atoms with Crippen LogP contribution in [0.3, 0.4) is 0 Å². The van der Waals surface area contributed by atoms with Gasteiger partial charge in [-0.3, -0.25) is 29.0 Å². The molecule has 0 bridgehead atoms. The highest BCUT2D eigenvalue weighted by Gasteiger charge is 2.40. The fourth-order valence-electron chi connectivity index (χ4n) is 5.96. The number of carbonyl (C=O) groups excluding carboxylic acids is 4. The van der Waals surface area contributed by atoms with Crippen LogP contribution in [0.5, 0.6) is 0 Å². The first-order chi connectivity index (χ1) is 19.1. The summed E-state index contributed by atoms with van der Waals surface area (Å²) in [7, 11) is 0. The number of nitrogens with zero attached hydrogens (tertiary/aromatic N) is 3. The average Bonchev–Trinajstić information content (AvgIpc) is 3.63. The zero-order chi connectivity index (χ0) is 29.2. The van der Waals surface area contributed by atoms with Crippen LogP contribution in [-0.2, 0) is 24.0 Å². The summed E-state index contributed by atoms with van der Waals surface area (Å²) >= 11 is 0. The molecule has 9 N–H and O–H groups in total. The first kappa shape index (κ1) is 31.1. The van der Waals surface area contributed by atoms with Crippen LogP contribution < -0.4 is 27.8 Å². The molecule has 0 aromatic heterocycles. The Morgan fingerprint density at radius 1 is 0.900 bits per heavy atom. The van der Waals surface area contributed by atoms with Crippen LogP contribution in [0.4, 0.5) is 0 Å². The van der Waals surface area contributed by atoms with E-state index in [0.717, 1.165) is 12.8 Å². The van der Waals surface area contributed by atoms with Gasteiger partial charge < -0.3 is 42.7 Å². The maximum absolute atomic E-state index is 13.7. The number of hydrogen-bond acceptors (Lipinski definition) is 7. The Labute approximate surface area is 234 Å². The molecule has 0 unspecified atom stereocenters. The van der Waals surface area contributed by atoms with Crippen molar-refractivity contribution in [3.8, 4) is 0 Å². The number of carbonyl (C=O) groups is 5. The van der Waals surface area contributed by atoms with Crippen LogP contribution in [0.15, 0.2) is 4.99 Å². The number of guanidine groups is 1. The fourth-order valence-corrected chi connectivity index (χ4v) is 5.96. The molecule has 3 fully saturated rings. The summed E-state index contributed by atoms with van der Waals surface area (Å²) in [5.41, 5.74) is 16.3. The normalized spacial score (nSPS) is 25.2. The van der Waals surface area contributed by atoms with Crippen LogP contribution in [0.1, 0.15) is 64.2 Å². The van der Waals surface area contributed by atoms with Crippen molar-refractivity contribution < 1.29 is 29.1 Å². The van der Waals surface area contributed by atoms with Crippen molar-refractivity contribution >= 4 is 35.6 Å². The molecule has 3 rings (SSSR count). The molecule has 0 spiro atoms. The Kier molecular flexibility index (Phi) is 11.5. The zero-order valence-electron chi connectivity index (χ0n) is 23.1. The van der Waals surface area contributed by atoms with E-state index >= 15 is 0 Å². The molecular weight excluding hydrogens is 520 g/mol. The number of likely N-dealkylation sites (tertiary alicyclic amines) is 2. The van der Waals surface area contributed by atoms with Crippen LogP contribution >= 0.6 is 0 Å². The molecule has 4 amide bonds. The molecular formula is C26H44N8O6. The number of aliphatic imine (C=N–C) groups is 1. The summed E-state index contributed by atoms with van der Waals surface area (Å²) < 4.78 is 0. The first-order valence-corrected chi connectivity index (χ1v) is 14.3. The van der Waals surface area contributed by atoms with Gasteiger partial charge in [0.15, 0.2) is 5.96 Å². The molecule has 0 aromatic rings. The van der Waals surface area contributed by atoms with Gasteiger partial charge in [0.25, 0.3) is 0 Å². The van der Waals surface area contributed by atoms with E-state index in [0.29, 0.717) is 64.6 Å². The van der Waals surface area contributed by atoms with Crippen molar-refractivity contribution in [3.05, 3.63) is 0 Å². The van der Waals surface area contributed by atoms with Crippen LogP contribution in [-0.4, -0.2) is 101 Å². The zero-order valence-corrected chi connectivity index (χ0v) is 23.1. The smallest absolute Gasteiger partial charge is 0.306 e. The Bertz CT molecular complexity index is 963. The molecule has 14 nitrogen and oxygen atoms in total. The summed E-state index contributed by atoms with van der Waals surface area (Å²) in [6.45, 7) is 1.34. The SMILES string of the molecule is NCC(=O)N1CCC[C@H]1C(=O)N[C@@H](CCCN=C(N)N)C(=O)N1CCC[C@H]1C(=O)NCC1CCC(C(=O)O)CC1. The van der Waals surface area contributed by atoms with E-state index in [1.807, 2.05) is 0 Å². The second-order valence-corrected chi connectivity index (χ2v) is 10.9. The minimum absolute atomic E-state index is 0.0680. The predicted molar refractivity (Wildman–Crippen MR) is 146 cm³/mol. The Morgan fingerprint density at radius 3 is 2.12 bits per heavy atom. The standard InChI is InChI=1S/C26H44N8O6/c27-14-21(35)33-12-2-6-20(33)23(37)32-18(4-1-11-30-26(28)29)24(38)34-13-3-5-19(34)22(36)31-15-16-7-9-17(10-8-16)25(39)40/h16-20H,1-15,27H2,(H,31,36)(H,32,37)(H,39,40)(H4,28,29,30)/t16?,17?,18-,19-,20-/m0/s1. The van der Waals surface area contributed by atoms with Crippen molar-refractivity contribution in [1.82, 2.24) is 20.4 Å². The molecule has 0 radical (unpaired) electrons. The lowest BCUT2D eigenvalue weighted by Gasteiger charge is -2.31. The molecule has 2 aliphatic heterocycles. The van der Waals surface area contributed by atoms with Crippen molar-refractivity contribution in [2.75, 3.05) is 32.7 Å². The van der Waals surface area contributed by atoms with Gasteiger partial charge in [-0.15, -0.1) is 0 Å². The third-order valence-corrected chi connectivity index (χ3v) is 8.21. The molecule has 2 saturated heterocycles. The van der Waals surface area contributed by atoms with Gasteiger partial charge in [-0.1, -0.05) is 0 Å². The van der Waals surface area contributed by atoms with Gasteiger partial charge in [-0.05, 0) is 70.1 Å². The van der Waals surface area contributed by atoms with E-state index in [1.54, 1.807) is 0 Å². The minimum Gasteiger partial charge on any atom is -0.481 e. The Balaban J connectivity index is 1.62. The van der Waals surface area contributed by atoms with Gasteiger partial charge in [-0.2, -0.15) is 0 Å². The molecule has 224 valence electrons. The lowest BCUT2D eigenvalue weighted by atomic mass is 9.82. The predicted octanol–water partition coefficient (Wildman–Crippen LogP) is -1.53. The largest absolute Gasteiger partial charge is 0.481 e. The monoisotopic (exact) mass is 564 g/mol. The van der Waals surface area contributed by atoms with Crippen molar-refractivity contribution in [1.29, 1.82) is 0 Å². The summed E-state index contributed by atoms with van der Waals surface area (Å²) in [5.74, 6) is -2.29. The molecule has 1 saturated carbocycles. The second-order valence-electron chi connectivity index (χ2n) is 10.9. The molecule has 2 heterocycles. The van der Waals surface area contributed by atoms with Gasteiger partial charge in [0.2, 0.25) is 23.6 Å². The number of hydrogen-bond donors (Lipinski definition) is 6.